The van der Waals surface area contributed by atoms with Crippen LogP contribution in [0.4, 0.5) is 0 Å². The van der Waals surface area contributed by atoms with E-state index in [1.165, 1.54) is 0 Å². The SMILES string of the molecule is CCSc1cccc(Oc2c(C)nn(C)c2C)c1C(=N)N. The van der Waals surface area contributed by atoms with Crippen LogP contribution in [0.5, 0.6) is 11.5 Å². The number of amidine groups is 1. The number of aromatic nitrogens is 2. The van der Waals surface area contributed by atoms with Gasteiger partial charge in [-0.15, -0.1) is 11.8 Å². The van der Waals surface area contributed by atoms with Crippen molar-refractivity contribution in [2.75, 3.05) is 5.75 Å². The van der Waals surface area contributed by atoms with Crippen molar-refractivity contribution in [3.8, 4) is 11.5 Å². The van der Waals surface area contributed by atoms with Gasteiger partial charge in [0.05, 0.1) is 11.3 Å². The molecule has 2 aromatic rings. The smallest absolute Gasteiger partial charge is 0.171 e. The fourth-order valence-electron chi connectivity index (χ4n) is 2.15. The first-order valence-electron chi connectivity index (χ1n) is 6.74. The van der Waals surface area contributed by atoms with Gasteiger partial charge in [0.2, 0.25) is 0 Å². The van der Waals surface area contributed by atoms with Crippen molar-refractivity contribution < 1.29 is 4.74 Å². The lowest BCUT2D eigenvalue weighted by atomic mass is 10.2. The average molecular weight is 304 g/mol. The van der Waals surface area contributed by atoms with Crippen LogP contribution < -0.4 is 10.5 Å². The number of ether oxygens (including phenoxy) is 1. The summed E-state index contributed by atoms with van der Waals surface area (Å²) >= 11 is 1.65. The van der Waals surface area contributed by atoms with Crippen molar-refractivity contribution in [2.24, 2.45) is 12.8 Å². The summed E-state index contributed by atoms with van der Waals surface area (Å²) in [5.41, 5.74) is 8.15. The van der Waals surface area contributed by atoms with Gasteiger partial charge >= 0.3 is 0 Å². The highest BCUT2D eigenvalue weighted by Crippen LogP contribution is 2.34. The molecule has 0 saturated heterocycles. The molecular weight excluding hydrogens is 284 g/mol. The van der Waals surface area contributed by atoms with Gasteiger partial charge in [0, 0.05) is 11.9 Å². The van der Waals surface area contributed by atoms with E-state index >= 15 is 0 Å². The van der Waals surface area contributed by atoms with E-state index in [0.717, 1.165) is 27.8 Å². The number of benzene rings is 1. The van der Waals surface area contributed by atoms with Crippen LogP contribution in [0, 0.1) is 19.3 Å². The van der Waals surface area contributed by atoms with Crippen LogP contribution in [0.1, 0.15) is 23.9 Å². The molecule has 1 aromatic carbocycles. The number of thioether (sulfide) groups is 1. The van der Waals surface area contributed by atoms with Crippen molar-refractivity contribution in [3.63, 3.8) is 0 Å². The van der Waals surface area contributed by atoms with E-state index in [1.807, 2.05) is 39.1 Å². The molecule has 21 heavy (non-hydrogen) atoms. The van der Waals surface area contributed by atoms with Crippen molar-refractivity contribution in [2.45, 2.75) is 25.7 Å². The second-order valence-electron chi connectivity index (χ2n) is 4.70. The molecule has 0 aliphatic rings. The molecule has 0 aliphatic heterocycles. The van der Waals surface area contributed by atoms with E-state index in [4.69, 9.17) is 15.9 Å². The highest BCUT2D eigenvalue weighted by molar-refractivity contribution is 7.99. The van der Waals surface area contributed by atoms with E-state index in [-0.39, 0.29) is 5.84 Å². The Morgan fingerprint density at radius 1 is 1.43 bits per heavy atom. The summed E-state index contributed by atoms with van der Waals surface area (Å²) in [5.74, 6) is 2.24. The largest absolute Gasteiger partial charge is 0.453 e. The number of hydrogen-bond donors (Lipinski definition) is 2. The third-order valence-corrected chi connectivity index (χ3v) is 4.15. The Labute approximate surface area is 129 Å². The Bertz CT molecular complexity index is 679. The van der Waals surface area contributed by atoms with Gasteiger partial charge in [0.25, 0.3) is 0 Å². The minimum atomic E-state index is 0.0146. The molecule has 0 aliphatic carbocycles. The van der Waals surface area contributed by atoms with Gasteiger partial charge in [-0.05, 0) is 31.7 Å². The summed E-state index contributed by atoms with van der Waals surface area (Å²) in [6, 6.07) is 5.71. The van der Waals surface area contributed by atoms with Crippen molar-refractivity contribution >= 4 is 17.6 Å². The topological polar surface area (TPSA) is 76.9 Å². The minimum Gasteiger partial charge on any atom is -0.453 e. The summed E-state index contributed by atoms with van der Waals surface area (Å²) in [6.07, 6.45) is 0. The molecule has 112 valence electrons. The van der Waals surface area contributed by atoms with Gasteiger partial charge in [-0.2, -0.15) is 5.10 Å². The molecular formula is C15H20N4OS. The maximum absolute atomic E-state index is 7.84. The number of aryl methyl sites for hydroxylation is 2. The van der Waals surface area contributed by atoms with E-state index in [2.05, 4.69) is 12.0 Å². The van der Waals surface area contributed by atoms with Crippen molar-refractivity contribution in [3.05, 3.63) is 35.2 Å². The predicted octanol–water partition coefficient (Wildman–Crippen LogP) is 3.23. The van der Waals surface area contributed by atoms with E-state index in [9.17, 15) is 0 Å². The first kappa shape index (κ1) is 15.4. The standard InChI is InChI=1S/C15H20N4OS/c1-5-21-12-8-6-7-11(13(12)15(16)17)20-14-9(2)18-19(4)10(14)3/h6-8H,5H2,1-4H3,(H3,16,17). The second kappa shape index (κ2) is 6.22. The van der Waals surface area contributed by atoms with Crippen LogP contribution in [0.25, 0.3) is 0 Å². The molecule has 0 amide bonds. The first-order valence-corrected chi connectivity index (χ1v) is 7.72. The third kappa shape index (κ3) is 3.05. The van der Waals surface area contributed by atoms with E-state index < -0.39 is 0 Å². The minimum absolute atomic E-state index is 0.0146. The summed E-state index contributed by atoms with van der Waals surface area (Å²) in [6.45, 7) is 5.92. The van der Waals surface area contributed by atoms with Gasteiger partial charge in [-0.1, -0.05) is 13.0 Å². The summed E-state index contributed by atoms with van der Waals surface area (Å²) in [4.78, 5) is 0.960. The molecule has 0 unspecified atom stereocenters. The Balaban J connectivity index is 2.49. The normalized spacial score (nSPS) is 10.7. The lowest BCUT2D eigenvalue weighted by Crippen LogP contribution is -2.14. The van der Waals surface area contributed by atoms with Gasteiger partial charge in [-0.25, -0.2) is 0 Å². The molecule has 1 aromatic heterocycles. The number of nitrogen functional groups attached to an aromatic ring is 1. The Morgan fingerprint density at radius 3 is 2.67 bits per heavy atom. The number of nitrogens with two attached hydrogens (primary N) is 1. The lowest BCUT2D eigenvalue weighted by Gasteiger charge is -2.14. The molecule has 0 spiro atoms. The molecule has 0 saturated carbocycles. The molecule has 0 fully saturated rings. The van der Waals surface area contributed by atoms with E-state index in [1.54, 1.807) is 16.4 Å². The van der Waals surface area contributed by atoms with Crippen molar-refractivity contribution in [1.82, 2.24) is 9.78 Å². The number of nitrogens with zero attached hydrogens (tertiary/aromatic N) is 2. The van der Waals surface area contributed by atoms with E-state index in [0.29, 0.717) is 11.3 Å². The predicted molar refractivity (Wildman–Crippen MR) is 86.6 cm³/mol. The third-order valence-electron chi connectivity index (χ3n) is 3.21. The Kier molecular flexibility index (Phi) is 4.57. The maximum atomic E-state index is 7.84. The fourth-order valence-corrected chi connectivity index (χ4v) is 2.99. The monoisotopic (exact) mass is 304 g/mol. The molecule has 5 nitrogen and oxygen atoms in total. The number of hydrogen-bond acceptors (Lipinski definition) is 4. The maximum Gasteiger partial charge on any atom is 0.171 e. The zero-order valence-corrected chi connectivity index (χ0v) is 13.5. The highest BCUT2D eigenvalue weighted by atomic mass is 32.2. The van der Waals surface area contributed by atoms with Crippen LogP contribution in [0.3, 0.4) is 0 Å². The molecule has 6 heteroatoms. The number of rotatable bonds is 5. The van der Waals surface area contributed by atoms with Gasteiger partial charge < -0.3 is 10.5 Å². The zero-order chi connectivity index (χ0) is 15.6. The molecule has 3 N–H and O–H groups in total. The molecule has 0 bridgehead atoms. The highest BCUT2D eigenvalue weighted by Gasteiger charge is 2.17. The van der Waals surface area contributed by atoms with Crippen molar-refractivity contribution in [1.29, 1.82) is 5.41 Å². The zero-order valence-electron chi connectivity index (χ0n) is 12.7. The summed E-state index contributed by atoms with van der Waals surface area (Å²) in [5, 5.41) is 12.2. The van der Waals surface area contributed by atoms with Crippen LogP contribution >= 0.6 is 11.8 Å². The van der Waals surface area contributed by atoms with Gasteiger partial charge in [0.15, 0.2) is 5.75 Å². The molecule has 2 rings (SSSR count). The number of nitrogens with one attached hydrogen (secondary N) is 1. The van der Waals surface area contributed by atoms with Crippen LogP contribution in [0.2, 0.25) is 0 Å². The average Bonchev–Trinajstić information content (AvgIpc) is 2.66. The first-order chi connectivity index (χ1) is 9.95. The lowest BCUT2D eigenvalue weighted by molar-refractivity contribution is 0.471. The molecule has 0 atom stereocenters. The quantitative estimate of drug-likeness (QED) is 0.505. The molecule has 1 heterocycles. The van der Waals surface area contributed by atoms with Crippen LogP contribution in [0.15, 0.2) is 23.1 Å². The summed E-state index contributed by atoms with van der Waals surface area (Å²) in [7, 11) is 1.88. The molecule has 0 radical (unpaired) electrons. The van der Waals surface area contributed by atoms with Crippen LogP contribution in [-0.4, -0.2) is 21.4 Å². The van der Waals surface area contributed by atoms with Crippen LogP contribution in [-0.2, 0) is 7.05 Å². The summed E-state index contributed by atoms with van der Waals surface area (Å²) < 4.78 is 7.80. The fraction of sp³-hybridized carbons (Fsp3) is 0.333. The Hall–Kier alpha value is -1.95. The van der Waals surface area contributed by atoms with Gasteiger partial charge in [0.1, 0.15) is 17.3 Å². The van der Waals surface area contributed by atoms with Gasteiger partial charge in [-0.3, -0.25) is 10.1 Å². The Morgan fingerprint density at radius 2 is 2.14 bits per heavy atom. The second-order valence-corrected chi connectivity index (χ2v) is 6.01.